The zero-order valence-corrected chi connectivity index (χ0v) is 21.3. The lowest BCUT2D eigenvalue weighted by atomic mass is 10.1. The van der Waals surface area contributed by atoms with Gasteiger partial charge in [-0.3, -0.25) is 9.69 Å². The first-order valence-corrected chi connectivity index (χ1v) is 14.0. The van der Waals surface area contributed by atoms with Crippen molar-refractivity contribution in [2.75, 3.05) is 37.6 Å². The molecule has 0 aromatic heterocycles. The molecule has 1 aliphatic heterocycles. The summed E-state index contributed by atoms with van der Waals surface area (Å²) in [6, 6.07) is 15.4. The first-order valence-electron chi connectivity index (χ1n) is 12.6. The molecule has 0 N–H and O–H groups in total. The molecule has 1 fully saturated rings. The molecule has 184 valence electrons. The summed E-state index contributed by atoms with van der Waals surface area (Å²) in [5.74, 6) is 0.679. The molecule has 2 aromatic rings. The van der Waals surface area contributed by atoms with E-state index < -0.39 is 10.0 Å². The summed E-state index contributed by atoms with van der Waals surface area (Å²) in [7, 11) is -3.61. The second-order valence-corrected chi connectivity index (χ2v) is 11.6. The fraction of sp³-hybridized carbons (Fsp3) is 0.519. The van der Waals surface area contributed by atoms with Crippen LogP contribution < -0.4 is 4.90 Å². The van der Waals surface area contributed by atoms with Crippen LogP contribution in [0.5, 0.6) is 0 Å². The molecule has 0 unspecified atom stereocenters. The van der Waals surface area contributed by atoms with Crippen LogP contribution in [-0.4, -0.2) is 56.3 Å². The molecule has 1 saturated carbocycles. The number of anilines is 1. The van der Waals surface area contributed by atoms with Crippen LogP contribution in [0.3, 0.4) is 0 Å². The van der Waals surface area contributed by atoms with E-state index in [0.717, 1.165) is 42.7 Å². The van der Waals surface area contributed by atoms with Crippen molar-refractivity contribution in [3.05, 3.63) is 59.7 Å². The predicted molar refractivity (Wildman–Crippen MR) is 136 cm³/mol. The fourth-order valence-electron chi connectivity index (χ4n) is 4.77. The Morgan fingerprint density at radius 3 is 2.38 bits per heavy atom. The van der Waals surface area contributed by atoms with Crippen molar-refractivity contribution in [3.8, 4) is 0 Å². The van der Waals surface area contributed by atoms with Gasteiger partial charge in [0.25, 0.3) is 0 Å². The topological polar surface area (TPSA) is 60.9 Å². The molecule has 4 rings (SSSR count). The number of hydrogen-bond donors (Lipinski definition) is 0. The third-order valence-corrected chi connectivity index (χ3v) is 8.74. The Balaban J connectivity index is 1.61. The van der Waals surface area contributed by atoms with E-state index in [1.165, 1.54) is 12.8 Å². The SMILES string of the molecule is CCCc1ccc(S(=O)(=O)N2CCCN(C(C)=O)c3ccccc3CN(CC3CC3)CC2)cc1. The minimum atomic E-state index is -3.61. The van der Waals surface area contributed by atoms with Gasteiger partial charge < -0.3 is 4.90 Å². The normalized spacial score (nSPS) is 18.8. The number of fused-ring (bicyclic) bond motifs is 1. The molecule has 6 nitrogen and oxygen atoms in total. The summed E-state index contributed by atoms with van der Waals surface area (Å²) in [6.07, 6.45) is 5.04. The van der Waals surface area contributed by atoms with Crippen LogP contribution in [0.4, 0.5) is 5.69 Å². The number of benzene rings is 2. The Morgan fingerprint density at radius 2 is 1.71 bits per heavy atom. The van der Waals surface area contributed by atoms with Crippen LogP contribution in [0.1, 0.15) is 50.7 Å². The van der Waals surface area contributed by atoms with Gasteiger partial charge in [-0.15, -0.1) is 0 Å². The van der Waals surface area contributed by atoms with Crippen molar-refractivity contribution in [2.24, 2.45) is 5.92 Å². The van der Waals surface area contributed by atoms with Crippen LogP contribution in [0.15, 0.2) is 53.4 Å². The largest absolute Gasteiger partial charge is 0.312 e. The van der Waals surface area contributed by atoms with Crippen LogP contribution in [0, 0.1) is 5.92 Å². The van der Waals surface area contributed by atoms with Gasteiger partial charge in [0, 0.05) is 51.9 Å². The second kappa shape index (κ2) is 11.0. The summed E-state index contributed by atoms with van der Waals surface area (Å²) in [6.45, 7) is 7.41. The zero-order valence-electron chi connectivity index (χ0n) is 20.4. The third kappa shape index (κ3) is 6.06. The number of para-hydroxylation sites is 1. The predicted octanol–water partition coefficient (Wildman–Crippen LogP) is 4.30. The van der Waals surface area contributed by atoms with Gasteiger partial charge in [0.1, 0.15) is 0 Å². The molecule has 2 aliphatic rings. The number of hydrogen-bond acceptors (Lipinski definition) is 4. The summed E-state index contributed by atoms with van der Waals surface area (Å²) >= 11 is 0. The van der Waals surface area contributed by atoms with Gasteiger partial charge >= 0.3 is 0 Å². The molecular weight excluding hydrogens is 446 g/mol. The van der Waals surface area contributed by atoms with Crippen molar-refractivity contribution in [1.82, 2.24) is 9.21 Å². The van der Waals surface area contributed by atoms with E-state index in [4.69, 9.17) is 0 Å². The maximum Gasteiger partial charge on any atom is 0.243 e. The number of aryl methyl sites for hydroxylation is 1. The highest BCUT2D eigenvalue weighted by molar-refractivity contribution is 7.89. The van der Waals surface area contributed by atoms with Crippen molar-refractivity contribution in [2.45, 2.75) is 57.4 Å². The zero-order chi connectivity index (χ0) is 24.1. The van der Waals surface area contributed by atoms with E-state index >= 15 is 0 Å². The van der Waals surface area contributed by atoms with Gasteiger partial charge in [-0.25, -0.2) is 8.42 Å². The molecule has 0 bridgehead atoms. The Hall–Kier alpha value is -2.22. The van der Waals surface area contributed by atoms with Crippen molar-refractivity contribution < 1.29 is 13.2 Å². The minimum absolute atomic E-state index is 0.0126. The molecule has 34 heavy (non-hydrogen) atoms. The molecule has 1 amide bonds. The summed E-state index contributed by atoms with van der Waals surface area (Å²) < 4.78 is 28.8. The highest BCUT2D eigenvalue weighted by atomic mass is 32.2. The van der Waals surface area contributed by atoms with Gasteiger partial charge in [-0.1, -0.05) is 43.7 Å². The van der Waals surface area contributed by atoms with E-state index in [0.29, 0.717) is 43.4 Å². The maximum atomic E-state index is 13.6. The van der Waals surface area contributed by atoms with Gasteiger partial charge in [0.15, 0.2) is 0 Å². The Labute approximate surface area is 204 Å². The van der Waals surface area contributed by atoms with Gasteiger partial charge in [-0.2, -0.15) is 4.31 Å². The number of sulfonamides is 1. The lowest BCUT2D eigenvalue weighted by molar-refractivity contribution is -0.116. The van der Waals surface area contributed by atoms with E-state index in [2.05, 4.69) is 17.9 Å². The third-order valence-electron chi connectivity index (χ3n) is 6.82. The number of carbonyl (C=O) groups is 1. The molecule has 0 saturated heterocycles. The summed E-state index contributed by atoms with van der Waals surface area (Å²) in [4.78, 5) is 17.1. The van der Waals surface area contributed by atoms with Crippen LogP contribution in [0.25, 0.3) is 0 Å². The van der Waals surface area contributed by atoms with Gasteiger partial charge in [0.2, 0.25) is 15.9 Å². The molecular formula is C27H37N3O3S. The van der Waals surface area contributed by atoms with Gasteiger partial charge in [-0.05, 0) is 60.9 Å². The fourth-order valence-corrected chi connectivity index (χ4v) is 6.24. The Kier molecular flexibility index (Phi) is 8.06. The lowest BCUT2D eigenvalue weighted by Gasteiger charge is -2.27. The molecule has 7 heteroatoms. The number of nitrogens with zero attached hydrogens (tertiary/aromatic N) is 3. The highest BCUT2D eigenvalue weighted by Gasteiger charge is 2.29. The van der Waals surface area contributed by atoms with Crippen molar-refractivity contribution in [3.63, 3.8) is 0 Å². The Morgan fingerprint density at radius 1 is 0.971 bits per heavy atom. The van der Waals surface area contributed by atoms with Gasteiger partial charge in [0.05, 0.1) is 4.90 Å². The quantitative estimate of drug-likeness (QED) is 0.615. The van der Waals surface area contributed by atoms with Crippen LogP contribution in [0.2, 0.25) is 0 Å². The molecule has 0 atom stereocenters. The number of rotatable bonds is 6. The number of carbonyl (C=O) groups excluding carboxylic acids is 1. The summed E-state index contributed by atoms with van der Waals surface area (Å²) in [5.41, 5.74) is 3.23. The molecule has 2 aromatic carbocycles. The first-order chi connectivity index (χ1) is 16.4. The molecule has 0 spiro atoms. The van der Waals surface area contributed by atoms with E-state index in [1.807, 2.05) is 30.3 Å². The lowest BCUT2D eigenvalue weighted by Crippen LogP contribution is -2.40. The molecule has 1 aliphatic carbocycles. The summed E-state index contributed by atoms with van der Waals surface area (Å²) in [5, 5.41) is 0. The van der Waals surface area contributed by atoms with E-state index in [-0.39, 0.29) is 5.91 Å². The monoisotopic (exact) mass is 483 g/mol. The maximum absolute atomic E-state index is 13.6. The highest BCUT2D eigenvalue weighted by Crippen LogP contribution is 2.31. The standard InChI is InChI=1S/C27H37N3O3S/c1-3-7-23-12-14-26(15-13-23)34(32,33)29-16-6-17-30(22(2)31)27-9-5-4-8-25(27)21-28(18-19-29)20-24-10-11-24/h4-5,8-9,12-15,24H,3,6-7,10-11,16-21H2,1-2H3. The smallest absolute Gasteiger partial charge is 0.243 e. The van der Waals surface area contributed by atoms with Crippen molar-refractivity contribution >= 4 is 21.6 Å². The first kappa shape index (κ1) is 24.9. The van der Waals surface area contributed by atoms with E-state index in [9.17, 15) is 13.2 Å². The Bertz CT molecular complexity index is 1080. The molecule has 1 heterocycles. The van der Waals surface area contributed by atoms with Crippen LogP contribution >= 0.6 is 0 Å². The molecule has 0 radical (unpaired) electrons. The van der Waals surface area contributed by atoms with E-state index in [1.54, 1.807) is 28.3 Å². The minimum Gasteiger partial charge on any atom is -0.312 e. The van der Waals surface area contributed by atoms with Crippen molar-refractivity contribution in [1.29, 1.82) is 0 Å². The second-order valence-electron chi connectivity index (χ2n) is 9.63. The average Bonchev–Trinajstić information content (AvgIpc) is 3.63. The average molecular weight is 484 g/mol. The number of amides is 1. The van der Waals surface area contributed by atoms with Crippen LogP contribution in [-0.2, 0) is 27.8 Å².